The lowest BCUT2D eigenvalue weighted by Crippen LogP contribution is -2.26. The number of fused-ring (bicyclic) bond motifs is 1. The maximum absolute atomic E-state index is 11.8. The van der Waals surface area contributed by atoms with Gasteiger partial charge in [0.25, 0.3) is 0 Å². The van der Waals surface area contributed by atoms with Crippen LogP contribution in [-0.2, 0) is 6.54 Å². The van der Waals surface area contributed by atoms with Gasteiger partial charge in [-0.05, 0) is 41.4 Å². The van der Waals surface area contributed by atoms with Crippen LogP contribution < -0.4 is 15.8 Å². The Morgan fingerprint density at radius 1 is 1.41 bits per heavy atom. The van der Waals surface area contributed by atoms with Gasteiger partial charge < -0.3 is 9.15 Å². The van der Waals surface area contributed by atoms with E-state index in [-0.39, 0.29) is 11.7 Å². The zero-order valence-corrected chi connectivity index (χ0v) is 14.2. The highest BCUT2D eigenvalue weighted by Gasteiger charge is 2.32. The molecule has 0 spiro atoms. The van der Waals surface area contributed by atoms with Crippen molar-refractivity contribution < 1.29 is 9.15 Å². The van der Waals surface area contributed by atoms with Crippen molar-refractivity contribution in [2.45, 2.75) is 26.4 Å². The van der Waals surface area contributed by atoms with Gasteiger partial charge in [-0.15, -0.1) is 0 Å². The Kier molecular flexibility index (Phi) is 3.97. The predicted octanol–water partition coefficient (Wildman–Crippen LogP) is 3.62. The quantitative estimate of drug-likeness (QED) is 0.901. The summed E-state index contributed by atoms with van der Waals surface area (Å²) in [5.74, 6) is 1.36. The minimum absolute atomic E-state index is 0.0839. The van der Waals surface area contributed by atoms with Gasteiger partial charge in [0, 0.05) is 17.7 Å². The number of nitrogens with zero attached hydrogens (tertiary/aromatic N) is 1. The van der Waals surface area contributed by atoms with Crippen LogP contribution in [-0.4, -0.2) is 12.1 Å². The Balaban J connectivity index is 1.93. The minimum atomic E-state index is -0.366. The number of rotatable bonds is 3. The lowest BCUT2D eigenvalue weighted by atomic mass is 10.1. The van der Waals surface area contributed by atoms with Gasteiger partial charge in [0.15, 0.2) is 0 Å². The molecular formula is C16H17BrN2O3. The van der Waals surface area contributed by atoms with Crippen LogP contribution in [0.5, 0.6) is 5.75 Å². The third-order valence-electron chi connectivity index (χ3n) is 4.02. The molecule has 1 unspecified atom stereocenters. The Morgan fingerprint density at radius 3 is 2.86 bits per heavy atom. The average Bonchev–Trinajstić information content (AvgIpc) is 2.81. The highest BCUT2D eigenvalue weighted by atomic mass is 79.9. The van der Waals surface area contributed by atoms with Gasteiger partial charge in [-0.25, -0.2) is 9.80 Å². The lowest BCUT2D eigenvalue weighted by molar-refractivity contribution is 0.263. The zero-order valence-electron chi connectivity index (χ0n) is 12.6. The van der Waals surface area contributed by atoms with Gasteiger partial charge in [-0.2, -0.15) is 0 Å². The van der Waals surface area contributed by atoms with Gasteiger partial charge in [-0.1, -0.05) is 18.2 Å². The fourth-order valence-corrected chi connectivity index (χ4v) is 3.09. The second-order valence-corrected chi connectivity index (χ2v) is 6.09. The molecule has 0 amide bonds. The standard InChI is InChI=1S/C16H17BrN2O3/c1-9-13-10(2)19(18-15(13)22-16(20)14(9)17)8-11-6-4-5-7-12(11)21-3/h4-7,10,18H,8H2,1-3H3. The maximum atomic E-state index is 11.8. The van der Waals surface area contributed by atoms with Crippen LogP contribution in [0, 0.1) is 6.92 Å². The zero-order chi connectivity index (χ0) is 15.9. The van der Waals surface area contributed by atoms with Gasteiger partial charge in [0.05, 0.1) is 13.2 Å². The predicted molar refractivity (Wildman–Crippen MR) is 88.0 cm³/mol. The van der Waals surface area contributed by atoms with Crippen molar-refractivity contribution in [3.63, 3.8) is 0 Å². The van der Waals surface area contributed by atoms with Crippen molar-refractivity contribution in [2.75, 3.05) is 12.5 Å². The smallest absolute Gasteiger partial charge is 0.352 e. The summed E-state index contributed by atoms with van der Waals surface area (Å²) in [5, 5.41) is 2.03. The molecule has 0 fully saturated rings. The van der Waals surface area contributed by atoms with Crippen molar-refractivity contribution in [2.24, 2.45) is 0 Å². The van der Waals surface area contributed by atoms with Crippen molar-refractivity contribution >= 4 is 21.8 Å². The highest BCUT2D eigenvalue weighted by Crippen LogP contribution is 2.39. The summed E-state index contributed by atoms with van der Waals surface area (Å²) in [6.45, 7) is 4.64. The molecule has 1 atom stereocenters. The van der Waals surface area contributed by atoms with E-state index in [2.05, 4.69) is 28.3 Å². The molecule has 2 aromatic rings. The molecule has 6 heteroatoms. The number of hydrazine groups is 1. The van der Waals surface area contributed by atoms with Crippen LogP contribution in [0.15, 0.2) is 37.9 Å². The van der Waals surface area contributed by atoms with E-state index in [4.69, 9.17) is 9.15 Å². The number of methoxy groups -OCH3 is 1. The Bertz CT molecular complexity index is 772. The van der Waals surface area contributed by atoms with E-state index in [0.717, 1.165) is 22.4 Å². The molecule has 0 radical (unpaired) electrons. The third kappa shape index (κ3) is 2.42. The SMILES string of the molecule is COc1ccccc1CN1Nc2oc(=O)c(Br)c(C)c2C1C. The van der Waals surface area contributed by atoms with Crippen LogP contribution in [0.4, 0.5) is 5.88 Å². The molecule has 1 aromatic carbocycles. The normalized spacial score (nSPS) is 17.2. The van der Waals surface area contributed by atoms with Gasteiger partial charge in [0.2, 0.25) is 5.88 Å². The number of hydrogen-bond donors (Lipinski definition) is 1. The molecular weight excluding hydrogens is 348 g/mol. The molecule has 1 N–H and O–H groups in total. The van der Waals surface area contributed by atoms with Crippen molar-refractivity contribution in [3.8, 4) is 5.75 Å². The maximum Gasteiger partial charge on any atom is 0.352 e. The summed E-state index contributed by atoms with van der Waals surface area (Å²) in [7, 11) is 1.66. The topological polar surface area (TPSA) is 54.7 Å². The first-order valence-electron chi connectivity index (χ1n) is 7.01. The van der Waals surface area contributed by atoms with Crippen LogP contribution in [0.25, 0.3) is 0 Å². The highest BCUT2D eigenvalue weighted by molar-refractivity contribution is 9.10. The first kappa shape index (κ1) is 15.1. The van der Waals surface area contributed by atoms with Crippen molar-refractivity contribution in [3.05, 3.63) is 55.8 Å². The van der Waals surface area contributed by atoms with E-state index in [1.165, 1.54) is 0 Å². The van der Waals surface area contributed by atoms with Crippen LogP contribution in [0.2, 0.25) is 0 Å². The number of nitrogens with one attached hydrogen (secondary N) is 1. The molecule has 22 heavy (non-hydrogen) atoms. The van der Waals surface area contributed by atoms with Gasteiger partial charge in [0.1, 0.15) is 10.2 Å². The lowest BCUT2D eigenvalue weighted by Gasteiger charge is -2.22. The number of benzene rings is 1. The summed E-state index contributed by atoms with van der Waals surface area (Å²) in [4.78, 5) is 11.8. The van der Waals surface area contributed by atoms with Gasteiger partial charge >= 0.3 is 5.63 Å². The molecule has 0 aliphatic carbocycles. The second kappa shape index (κ2) is 5.78. The van der Waals surface area contributed by atoms with E-state index < -0.39 is 0 Å². The number of halogens is 1. The molecule has 0 saturated heterocycles. The van der Waals surface area contributed by atoms with Crippen molar-refractivity contribution in [1.29, 1.82) is 0 Å². The summed E-state index contributed by atoms with van der Waals surface area (Å²) in [6, 6.07) is 7.97. The largest absolute Gasteiger partial charge is 0.496 e. The third-order valence-corrected chi connectivity index (χ3v) is 4.93. The monoisotopic (exact) mass is 364 g/mol. The molecule has 5 nitrogen and oxygen atoms in total. The van der Waals surface area contributed by atoms with Crippen LogP contribution in [0.3, 0.4) is 0 Å². The van der Waals surface area contributed by atoms with E-state index >= 15 is 0 Å². The molecule has 3 rings (SSSR count). The van der Waals surface area contributed by atoms with Crippen molar-refractivity contribution in [1.82, 2.24) is 5.01 Å². The summed E-state index contributed by atoms with van der Waals surface area (Å²) in [5.41, 5.74) is 5.80. The molecule has 0 bridgehead atoms. The average molecular weight is 365 g/mol. The minimum Gasteiger partial charge on any atom is -0.496 e. The molecule has 2 heterocycles. The van der Waals surface area contributed by atoms with Gasteiger partial charge in [-0.3, -0.25) is 5.43 Å². The van der Waals surface area contributed by atoms with E-state index in [0.29, 0.717) is 16.9 Å². The van der Waals surface area contributed by atoms with Crippen LogP contribution >= 0.6 is 15.9 Å². The summed E-state index contributed by atoms with van der Waals surface area (Å²) >= 11 is 3.30. The number of ether oxygens (including phenoxy) is 1. The molecule has 1 aliphatic heterocycles. The first-order valence-corrected chi connectivity index (χ1v) is 7.80. The Hall–Kier alpha value is -1.79. The fraction of sp³-hybridized carbons (Fsp3) is 0.312. The van der Waals surface area contributed by atoms with E-state index in [1.807, 2.05) is 36.2 Å². The number of anilines is 1. The Morgan fingerprint density at radius 2 is 2.14 bits per heavy atom. The molecule has 116 valence electrons. The molecule has 1 aliphatic rings. The van der Waals surface area contributed by atoms with E-state index in [9.17, 15) is 4.79 Å². The second-order valence-electron chi connectivity index (χ2n) is 5.30. The fourth-order valence-electron chi connectivity index (χ4n) is 2.80. The first-order chi connectivity index (χ1) is 10.5. The van der Waals surface area contributed by atoms with E-state index in [1.54, 1.807) is 7.11 Å². The van der Waals surface area contributed by atoms with Crippen LogP contribution in [0.1, 0.15) is 29.7 Å². The molecule has 0 saturated carbocycles. The summed E-state index contributed by atoms with van der Waals surface area (Å²) in [6.07, 6.45) is 0. The summed E-state index contributed by atoms with van der Waals surface area (Å²) < 4.78 is 11.2. The number of para-hydroxylation sites is 1. The molecule has 1 aromatic heterocycles. The number of hydrogen-bond acceptors (Lipinski definition) is 5. The Labute approximate surface area is 137 Å².